The summed E-state index contributed by atoms with van der Waals surface area (Å²) in [5.74, 6) is 2.30. The first-order valence-corrected chi connectivity index (χ1v) is 8.83. The summed E-state index contributed by atoms with van der Waals surface area (Å²) < 4.78 is 5.93. The molecule has 0 aromatic heterocycles. The molecule has 26 heavy (non-hydrogen) atoms. The third-order valence-corrected chi connectivity index (χ3v) is 4.35. The summed E-state index contributed by atoms with van der Waals surface area (Å²) in [6.07, 6.45) is 2.55. The molecule has 0 atom stereocenters. The Balaban J connectivity index is 0.00000338. The fourth-order valence-electron chi connectivity index (χ4n) is 2.41. The third-order valence-electron chi connectivity index (χ3n) is 4.35. The van der Waals surface area contributed by atoms with Gasteiger partial charge >= 0.3 is 0 Å². The van der Waals surface area contributed by atoms with E-state index in [2.05, 4.69) is 27.0 Å². The van der Waals surface area contributed by atoms with E-state index in [-0.39, 0.29) is 29.9 Å². The van der Waals surface area contributed by atoms with Crippen LogP contribution >= 0.6 is 24.0 Å². The van der Waals surface area contributed by atoms with Gasteiger partial charge in [-0.2, -0.15) is 0 Å². The van der Waals surface area contributed by atoms with Crippen LogP contribution in [0.15, 0.2) is 29.3 Å². The molecular formula is C19H31IN4O2. The van der Waals surface area contributed by atoms with Gasteiger partial charge in [-0.25, -0.2) is 0 Å². The lowest BCUT2D eigenvalue weighted by molar-refractivity contribution is -0.128. The van der Waals surface area contributed by atoms with Gasteiger partial charge in [0.15, 0.2) is 5.96 Å². The van der Waals surface area contributed by atoms with E-state index in [0.717, 1.165) is 23.8 Å². The van der Waals surface area contributed by atoms with Gasteiger partial charge in [0.2, 0.25) is 5.91 Å². The standard InChI is InChI=1S/C19H30N4O2.HI/c1-19(2,17(24)20-3)13-23-18(21-4)22-11-15-7-5-6-8-16(15)25-12-14-9-10-14;/h5-8,14H,9-13H2,1-4H3,(H,20,24)(H2,21,22,23);1H. The molecular weight excluding hydrogens is 443 g/mol. The minimum Gasteiger partial charge on any atom is -0.493 e. The van der Waals surface area contributed by atoms with Gasteiger partial charge in [0.05, 0.1) is 12.0 Å². The fourth-order valence-corrected chi connectivity index (χ4v) is 2.41. The number of benzene rings is 1. The van der Waals surface area contributed by atoms with Crippen LogP contribution < -0.4 is 20.7 Å². The van der Waals surface area contributed by atoms with E-state index >= 15 is 0 Å². The molecule has 1 aromatic rings. The molecule has 0 spiro atoms. The van der Waals surface area contributed by atoms with E-state index in [1.807, 2.05) is 32.0 Å². The molecule has 0 unspecified atom stereocenters. The molecule has 2 rings (SSSR count). The largest absolute Gasteiger partial charge is 0.493 e. The maximum Gasteiger partial charge on any atom is 0.227 e. The smallest absolute Gasteiger partial charge is 0.227 e. The zero-order chi connectivity index (χ0) is 18.3. The highest BCUT2D eigenvalue weighted by Crippen LogP contribution is 2.30. The van der Waals surface area contributed by atoms with Crippen LogP contribution in [0.2, 0.25) is 0 Å². The monoisotopic (exact) mass is 474 g/mol. The Hall–Kier alpha value is -1.51. The van der Waals surface area contributed by atoms with Crippen molar-refractivity contribution in [3.05, 3.63) is 29.8 Å². The Labute approximate surface area is 173 Å². The minimum absolute atomic E-state index is 0. The minimum atomic E-state index is -0.516. The van der Waals surface area contributed by atoms with Gasteiger partial charge in [-0.3, -0.25) is 9.79 Å². The Kier molecular flexibility index (Phi) is 9.18. The van der Waals surface area contributed by atoms with E-state index in [9.17, 15) is 4.79 Å². The Morgan fingerprint density at radius 2 is 1.96 bits per heavy atom. The van der Waals surface area contributed by atoms with E-state index in [4.69, 9.17) is 4.74 Å². The van der Waals surface area contributed by atoms with Gasteiger partial charge < -0.3 is 20.7 Å². The van der Waals surface area contributed by atoms with Crippen molar-refractivity contribution >= 4 is 35.8 Å². The normalized spacial score (nSPS) is 14.2. The van der Waals surface area contributed by atoms with Crippen molar-refractivity contribution in [3.63, 3.8) is 0 Å². The van der Waals surface area contributed by atoms with Gasteiger partial charge in [-0.05, 0) is 38.7 Å². The number of rotatable bonds is 8. The molecule has 1 saturated carbocycles. The highest BCUT2D eigenvalue weighted by Gasteiger charge is 2.26. The van der Waals surface area contributed by atoms with Gasteiger partial charge in [0.1, 0.15) is 5.75 Å². The van der Waals surface area contributed by atoms with Crippen molar-refractivity contribution in [2.24, 2.45) is 16.3 Å². The first-order valence-electron chi connectivity index (χ1n) is 8.83. The molecule has 3 N–H and O–H groups in total. The number of carbonyl (C=O) groups excluding carboxylic acids is 1. The molecule has 0 bridgehead atoms. The van der Waals surface area contributed by atoms with Gasteiger partial charge in [-0.15, -0.1) is 24.0 Å². The summed E-state index contributed by atoms with van der Waals surface area (Å²) in [5, 5.41) is 9.18. The number of nitrogens with zero attached hydrogens (tertiary/aromatic N) is 1. The number of carbonyl (C=O) groups is 1. The summed E-state index contributed by atoms with van der Waals surface area (Å²) >= 11 is 0. The average molecular weight is 474 g/mol. The van der Waals surface area contributed by atoms with Crippen molar-refractivity contribution in [2.45, 2.75) is 33.2 Å². The summed E-state index contributed by atoms with van der Waals surface area (Å²) in [6.45, 7) is 5.69. The van der Waals surface area contributed by atoms with Crippen LogP contribution in [0.3, 0.4) is 0 Å². The number of ether oxygens (including phenoxy) is 1. The van der Waals surface area contributed by atoms with E-state index in [0.29, 0.717) is 19.0 Å². The number of nitrogens with one attached hydrogen (secondary N) is 3. The van der Waals surface area contributed by atoms with Crippen LogP contribution in [0.25, 0.3) is 0 Å². The predicted molar refractivity (Wildman–Crippen MR) is 116 cm³/mol. The predicted octanol–water partition coefficient (Wildman–Crippen LogP) is 2.53. The van der Waals surface area contributed by atoms with Gasteiger partial charge in [0.25, 0.3) is 0 Å². The van der Waals surface area contributed by atoms with Crippen molar-refractivity contribution in [1.29, 1.82) is 0 Å². The lowest BCUT2D eigenvalue weighted by Gasteiger charge is -2.24. The summed E-state index contributed by atoms with van der Waals surface area (Å²) in [7, 11) is 3.37. The molecule has 1 aliphatic carbocycles. The number of guanidine groups is 1. The maximum atomic E-state index is 11.9. The molecule has 0 heterocycles. The second-order valence-corrected chi connectivity index (χ2v) is 7.10. The Morgan fingerprint density at radius 1 is 1.27 bits per heavy atom. The van der Waals surface area contributed by atoms with Crippen LogP contribution in [-0.2, 0) is 11.3 Å². The van der Waals surface area contributed by atoms with Crippen LogP contribution in [-0.4, -0.2) is 39.1 Å². The summed E-state index contributed by atoms with van der Waals surface area (Å²) in [4.78, 5) is 16.1. The highest BCUT2D eigenvalue weighted by atomic mass is 127. The molecule has 1 aromatic carbocycles. The molecule has 6 nitrogen and oxygen atoms in total. The van der Waals surface area contributed by atoms with E-state index in [1.54, 1.807) is 14.1 Å². The molecule has 0 saturated heterocycles. The molecule has 1 fully saturated rings. The SMILES string of the molecule is CN=C(NCc1ccccc1OCC1CC1)NCC(C)(C)C(=O)NC.I. The summed E-state index contributed by atoms with van der Waals surface area (Å²) in [5.41, 5.74) is 0.578. The van der Waals surface area contributed by atoms with E-state index in [1.165, 1.54) is 12.8 Å². The molecule has 0 aliphatic heterocycles. The number of hydrogen-bond donors (Lipinski definition) is 3. The average Bonchev–Trinajstić information content (AvgIpc) is 3.44. The van der Waals surface area contributed by atoms with Crippen molar-refractivity contribution in [2.75, 3.05) is 27.2 Å². The van der Waals surface area contributed by atoms with Crippen LogP contribution in [0.1, 0.15) is 32.3 Å². The Bertz CT molecular complexity index is 615. The number of para-hydroxylation sites is 1. The number of aliphatic imine (C=N–C) groups is 1. The van der Waals surface area contributed by atoms with Gasteiger partial charge in [0, 0.05) is 32.7 Å². The van der Waals surface area contributed by atoms with Crippen LogP contribution in [0.5, 0.6) is 5.75 Å². The number of halogens is 1. The zero-order valence-electron chi connectivity index (χ0n) is 16.1. The van der Waals surface area contributed by atoms with Crippen molar-refractivity contribution < 1.29 is 9.53 Å². The molecule has 1 aliphatic rings. The fraction of sp³-hybridized carbons (Fsp3) is 0.579. The first kappa shape index (κ1) is 22.5. The topological polar surface area (TPSA) is 74.8 Å². The van der Waals surface area contributed by atoms with Crippen LogP contribution in [0, 0.1) is 11.3 Å². The molecule has 1 amide bonds. The quantitative estimate of drug-likeness (QED) is 0.308. The maximum absolute atomic E-state index is 11.9. The van der Waals surface area contributed by atoms with Crippen molar-refractivity contribution in [1.82, 2.24) is 16.0 Å². The summed E-state index contributed by atoms with van der Waals surface area (Å²) in [6, 6.07) is 8.05. The highest BCUT2D eigenvalue weighted by molar-refractivity contribution is 14.0. The second-order valence-electron chi connectivity index (χ2n) is 7.10. The van der Waals surface area contributed by atoms with Gasteiger partial charge in [-0.1, -0.05) is 18.2 Å². The lowest BCUT2D eigenvalue weighted by Crippen LogP contribution is -2.47. The lowest BCUT2D eigenvalue weighted by atomic mass is 9.92. The molecule has 146 valence electrons. The van der Waals surface area contributed by atoms with E-state index < -0.39 is 5.41 Å². The molecule has 7 heteroatoms. The third kappa shape index (κ3) is 7.01. The zero-order valence-corrected chi connectivity index (χ0v) is 18.4. The number of hydrogen-bond acceptors (Lipinski definition) is 3. The van der Waals surface area contributed by atoms with Crippen molar-refractivity contribution in [3.8, 4) is 5.75 Å². The second kappa shape index (κ2) is 10.6. The molecule has 0 radical (unpaired) electrons. The first-order chi connectivity index (χ1) is 12.0. The number of amides is 1. The Morgan fingerprint density at radius 3 is 2.58 bits per heavy atom. The van der Waals surface area contributed by atoms with Crippen LogP contribution in [0.4, 0.5) is 0 Å².